The number of aryl methyl sites for hydroxylation is 2. The third-order valence-electron chi connectivity index (χ3n) is 17.0. The average Bonchev–Trinajstić information content (AvgIpc) is 3.85. The number of nitrogens with zero attached hydrogens (tertiary/aromatic N) is 3. The number of halogens is 1. The third kappa shape index (κ3) is 12.5. The van der Waals surface area contributed by atoms with Gasteiger partial charge < -0.3 is 20.9 Å². The van der Waals surface area contributed by atoms with E-state index in [2.05, 4.69) is 40.9 Å². The number of nitrogens with one attached hydrogen (secondary N) is 8. The molecule has 10 atom stereocenters. The average molecular weight is 1250 g/mol. The number of carbonyl (C=O) groups is 8. The second kappa shape index (κ2) is 25.0. The normalized spacial score (nSPS) is 27.4. The van der Waals surface area contributed by atoms with E-state index in [1.54, 1.807) is 61.4 Å². The Morgan fingerprint density at radius 2 is 1.15 bits per heavy atom. The van der Waals surface area contributed by atoms with E-state index in [9.17, 15) is 38.4 Å². The van der Waals surface area contributed by atoms with Crippen LogP contribution in [0.4, 0.5) is 9.59 Å². The molecule has 6 aliphatic rings. The number of hydrazine groups is 1. The van der Waals surface area contributed by atoms with Crippen LogP contribution in [0.25, 0.3) is 0 Å². The molecular weight excluding hydrogens is 1170 g/mol. The molecule has 4 saturated heterocycles. The number of thioether (sulfide) groups is 2. The van der Waals surface area contributed by atoms with E-state index in [1.165, 1.54) is 5.01 Å². The SMILES string of the molecule is CN[C@@H](C)C(=O)NI1CCS[C@H]2CC(C)(C)[C@@H](C(=O)N[C@H]3c4ccccc4CC[C@H]3C(=O)NCc3ccc(CNC(=O)[C@@H]4CCc5ccccc5[C@H]4NC(=O)[C@H]4N5C(=O)[C@@H](NC(=O)N(C)NC)CCS[C@H]5CC4(C)C)cc3)N2C1=O. The molecule has 19 nitrogen and oxygen atoms in total. The van der Waals surface area contributed by atoms with Gasteiger partial charge in [-0.15, -0.1) is 11.8 Å². The van der Waals surface area contributed by atoms with Gasteiger partial charge in [-0.25, -0.2) is 10.2 Å². The van der Waals surface area contributed by atoms with Crippen LogP contribution in [0.1, 0.15) is 112 Å². The number of rotatable bonds is 15. The van der Waals surface area contributed by atoms with Crippen molar-refractivity contribution in [1.82, 2.24) is 55.7 Å². The molecule has 4 aliphatic heterocycles. The molecule has 3 aromatic rings. The van der Waals surface area contributed by atoms with Crippen LogP contribution in [-0.2, 0) is 54.7 Å². The molecule has 0 radical (unpaired) electrons. The number of urea groups is 1. The Hall–Kier alpha value is -5.43. The second-order valence-electron chi connectivity index (χ2n) is 23.3. The summed E-state index contributed by atoms with van der Waals surface area (Å²) in [5.74, 6) is -1.37. The van der Waals surface area contributed by atoms with Gasteiger partial charge in [-0.1, -0.05) is 50.2 Å². The first-order valence-electron chi connectivity index (χ1n) is 27.8. The van der Waals surface area contributed by atoms with Crippen LogP contribution < -0.4 is 40.9 Å². The summed E-state index contributed by atoms with van der Waals surface area (Å²) in [4.78, 5) is 116. The Labute approximate surface area is 485 Å². The van der Waals surface area contributed by atoms with Crippen molar-refractivity contribution in [2.45, 2.75) is 140 Å². The van der Waals surface area contributed by atoms with Crippen LogP contribution >= 0.6 is 43.6 Å². The van der Waals surface area contributed by atoms with Crippen molar-refractivity contribution in [2.75, 3.05) is 37.1 Å². The monoisotopic (exact) mass is 1250 g/mol. The molecule has 0 aromatic heterocycles. The van der Waals surface area contributed by atoms with E-state index in [4.69, 9.17) is 0 Å². The number of fused-ring (bicyclic) bond motifs is 4. The second-order valence-corrected chi connectivity index (χ2v) is 30.4. The first-order chi connectivity index (χ1) is 38.2. The summed E-state index contributed by atoms with van der Waals surface area (Å²) in [7, 11) is 4.89. The van der Waals surface area contributed by atoms with E-state index in [0.717, 1.165) is 39.1 Å². The van der Waals surface area contributed by atoms with E-state index in [-0.39, 0.29) is 63.2 Å². The van der Waals surface area contributed by atoms with Gasteiger partial charge in [-0.3, -0.25) is 19.4 Å². The van der Waals surface area contributed by atoms with Gasteiger partial charge in [0.1, 0.15) is 12.1 Å². The van der Waals surface area contributed by atoms with Crippen molar-refractivity contribution in [3.8, 4) is 0 Å². The van der Waals surface area contributed by atoms with Crippen LogP contribution in [-0.4, -0.2) is 132 Å². The van der Waals surface area contributed by atoms with Gasteiger partial charge in [0.2, 0.25) is 17.7 Å². The van der Waals surface area contributed by atoms with Gasteiger partial charge >= 0.3 is 255 Å². The van der Waals surface area contributed by atoms with Gasteiger partial charge in [0.25, 0.3) is 0 Å². The standard InChI is InChI=1S/C58H78IN11O8S2/c1-33(60-6)49(71)67-59-26-28-80-44-30-58(4,5)48(70(44)55(59)77)53(75)66-46-39-16-12-10-14-37(39)22-24-41(46)51(73)63-32-35-19-17-34(18-20-35)31-62-50(72)40-23-21-36-13-9-11-15-38(36)45(40)65-52(74)47-57(2,3)29-43-69(47)54(76)42(25-27-79-43)64-56(78)68(8)61-7/h9-20,33,40-48,60-61H,21-32H2,1-8H3,(H,62,72)(H,63,73)(H,64,78)(H,65,74)(H,66,75)(H,67,71)/t33-,40+,41+,42-,43-,44-,45+,46-,47+,48+/m0/s1. The van der Waals surface area contributed by atoms with Crippen LogP contribution in [0.3, 0.4) is 0 Å². The summed E-state index contributed by atoms with van der Waals surface area (Å²) in [6, 6.07) is 18.8. The molecular formula is C58H78IN11O8S2. The van der Waals surface area contributed by atoms with E-state index in [0.29, 0.717) is 55.1 Å². The van der Waals surface area contributed by atoms with Crippen molar-refractivity contribution >= 4 is 89.0 Å². The first kappa shape index (κ1) is 59.2. The minimum atomic E-state index is -2.72. The summed E-state index contributed by atoms with van der Waals surface area (Å²) < 4.78 is 3.58. The molecule has 2 aliphatic carbocycles. The first-order valence-corrected chi connectivity index (χ1v) is 33.6. The number of alkyl halides is 1. The topological polar surface area (TPSA) is 243 Å². The Balaban J connectivity index is 0.838. The number of hydrogen-bond donors (Lipinski definition) is 8. The fourth-order valence-corrected chi connectivity index (χ4v) is 21.1. The summed E-state index contributed by atoms with van der Waals surface area (Å²) in [6.07, 6.45) is 3.98. The molecule has 22 heteroatoms. The van der Waals surface area contributed by atoms with Crippen molar-refractivity contribution in [3.63, 3.8) is 0 Å². The molecule has 4 heterocycles. The summed E-state index contributed by atoms with van der Waals surface area (Å²) >= 11 is 0.577. The zero-order valence-electron chi connectivity index (χ0n) is 47.0. The van der Waals surface area contributed by atoms with Crippen molar-refractivity contribution in [2.24, 2.45) is 22.7 Å². The minimum absolute atomic E-state index is 0.115. The molecule has 0 bridgehead atoms. The fraction of sp³-hybridized carbons (Fsp3) is 0.552. The van der Waals surface area contributed by atoms with Crippen molar-refractivity contribution < 1.29 is 38.4 Å². The number of likely N-dealkylation sites (N-methyl/N-ethyl adjacent to an activating group) is 1. The molecule has 4 fully saturated rings. The number of carbonyl (C=O) groups excluding carboxylic acids is 8. The summed E-state index contributed by atoms with van der Waals surface area (Å²) in [5.41, 5.74) is 7.16. The van der Waals surface area contributed by atoms with Crippen molar-refractivity contribution in [3.05, 3.63) is 106 Å². The number of hydrogen-bond acceptors (Lipinski definition) is 12. The van der Waals surface area contributed by atoms with E-state index < -0.39 is 85.0 Å². The van der Waals surface area contributed by atoms with Gasteiger partial charge in [0, 0.05) is 20.6 Å². The fourth-order valence-electron chi connectivity index (χ4n) is 12.4. The van der Waals surface area contributed by atoms with E-state index in [1.807, 2.05) is 100 Å². The summed E-state index contributed by atoms with van der Waals surface area (Å²) in [5, 5.41) is 19.5. The molecule has 0 unspecified atom stereocenters. The molecule has 0 saturated carbocycles. The van der Waals surface area contributed by atoms with Crippen LogP contribution in [0, 0.1) is 22.7 Å². The van der Waals surface area contributed by atoms with Crippen LogP contribution in [0.2, 0.25) is 0 Å². The van der Waals surface area contributed by atoms with Gasteiger partial charge in [-0.2, -0.15) is 0 Å². The molecule has 0 spiro atoms. The quantitative estimate of drug-likeness (QED) is 0.0237. The molecule has 3 aromatic carbocycles. The predicted molar refractivity (Wildman–Crippen MR) is 319 cm³/mol. The number of amides is 9. The number of benzene rings is 3. The molecule has 80 heavy (non-hydrogen) atoms. The van der Waals surface area contributed by atoms with Gasteiger partial charge in [0.15, 0.2) is 0 Å². The van der Waals surface area contributed by atoms with E-state index >= 15 is 0 Å². The zero-order valence-corrected chi connectivity index (χ0v) is 50.8. The maximum absolute atomic E-state index is 14.8. The Morgan fingerprint density at radius 1 is 0.662 bits per heavy atom. The summed E-state index contributed by atoms with van der Waals surface area (Å²) in [6.45, 7) is 10.2. The molecule has 8 N–H and O–H groups in total. The van der Waals surface area contributed by atoms with Crippen molar-refractivity contribution in [1.29, 1.82) is 0 Å². The van der Waals surface area contributed by atoms with Gasteiger partial charge in [-0.05, 0) is 53.5 Å². The Kier molecular flexibility index (Phi) is 18.5. The molecule has 9 amide bonds. The maximum atomic E-state index is 14.8. The Morgan fingerprint density at radius 3 is 1.66 bits per heavy atom. The van der Waals surface area contributed by atoms with Gasteiger partial charge in [0.05, 0.1) is 17.3 Å². The third-order valence-corrected chi connectivity index (χ3v) is 24.7. The molecule has 9 rings (SSSR count). The van der Waals surface area contributed by atoms with Crippen LogP contribution in [0.15, 0.2) is 72.8 Å². The Bertz CT molecular complexity index is 2670. The van der Waals surface area contributed by atoms with Crippen LogP contribution in [0.5, 0.6) is 0 Å². The molecule has 432 valence electrons. The zero-order chi connectivity index (χ0) is 57.2. The predicted octanol–water partition coefficient (Wildman–Crippen LogP) is 5.43.